The normalized spacial score (nSPS) is 17.3. The number of thiazole rings is 1. The molecule has 4 rings (SSSR count). The van der Waals surface area contributed by atoms with Crippen LogP contribution >= 0.6 is 11.3 Å². The number of sulfonamides is 1. The monoisotopic (exact) mass is 544 g/mol. The first-order chi connectivity index (χ1) is 17.7. The summed E-state index contributed by atoms with van der Waals surface area (Å²) in [6.07, 6.45) is 2.72. The van der Waals surface area contributed by atoms with Crippen LogP contribution in [0.5, 0.6) is 0 Å². The lowest BCUT2D eigenvalue weighted by Gasteiger charge is -2.32. The van der Waals surface area contributed by atoms with E-state index in [4.69, 9.17) is 4.74 Å². The van der Waals surface area contributed by atoms with E-state index in [0.29, 0.717) is 42.4 Å². The van der Waals surface area contributed by atoms with Crippen LogP contribution in [0.4, 0.5) is 5.69 Å². The van der Waals surface area contributed by atoms with E-state index < -0.39 is 15.9 Å². The second kappa shape index (κ2) is 11.7. The first kappa shape index (κ1) is 27.2. The molecule has 1 aliphatic heterocycles. The van der Waals surface area contributed by atoms with Crippen molar-refractivity contribution in [2.75, 3.05) is 25.1 Å². The Labute approximate surface area is 220 Å². The van der Waals surface area contributed by atoms with Crippen molar-refractivity contribution >= 4 is 49.1 Å². The number of fused-ring (bicyclic) bond motifs is 1. The highest BCUT2D eigenvalue weighted by Gasteiger charge is 2.30. The standard InChI is InChI=1S/C26H32N4O5S2/c1-4-35-16-15-29-23-13-10-21(27-19(3)31)17-24(23)36-26(29)28-25(32)20-8-11-22(12-9-20)37(33,34)30-14-6-5-7-18(30)2/h8-13,17-18H,4-7,14-16H2,1-3H3,(H,27,31). The van der Waals surface area contributed by atoms with Crippen molar-refractivity contribution in [2.24, 2.45) is 4.99 Å². The lowest BCUT2D eigenvalue weighted by Crippen LogP contribution is -2.41. The van der Waals surface area contributed by atoms with E-state index in [1.54, 1.807) is 4.31 Å². The number of aromatic nitrogens is 1. The minimum atomic E-state index is -3.62. The average molecular weight is 545 g/mol. The number of piperidine rings is 1. The summed E-state index contributed by atoms with van der Waals surface area (Å²) in [6, 6.07) is 11.5. The third kappa shape index (κ3) is 6.18. The van der Waals surface area contributed by atoms with Crippen molar-refractivity contribution in [1.29, 1.82) is 0 Å². The van der Waals surface area contributed by atoms with Gasteiger partial charge in [-0.25, -0.2) is 8.42 Å². The number of nitrogens with zero attached hydrogens (tertiary/aromatic N) is 3. The Balaban J connectivity index is 1.65. The lowest BCUT2D eigenvalue weighted by atomic mass is 10.1. The molecule has 2 aromatic carbocycles. The summed E-state index contributed by atoms with van der Waals surface area (Å²) in [7, 11) is -3.62. The van der Waals surface area contributed by atoms with Gasteiger partial charge in [-0.15, -0.1) is 0 Å². The van der Waals surface area contributed by atoms with Crippen molar-refractivity contribution in [3.63, 3.8) is 0 Å². The smallest absolute Gasteiger partial charge is 0.279 e. The Morgan fingerprint density at radius 3 is 2.59 bits per heavy atom. The number of hydrogen-bond donors (Lipinski definition) is 1. The molecule has 1 aromatic heterocycles. The molecule has 1 fully saturated rings. The number of amides is 2. The molecular formula is C26H32N4O5S2. The molecule has 1 atom stereocenters. The van der Waals surface area contributed by atoms with E-state index in [1.165, 1.54) is 42.5 Å². The summed E-state index contributed by atoms with van der Waals surface area (Å²) in [5, 5.41) is 2.77. The molecule has 1 saturated heterocycles. The topological polar surface area (TPSA) is 110 Å². The highest BCUT2D eigenvalue weighted by molar-refractivity contribution is 7.89. The number of ether oxygens (including phenoxy) is 1. The third-order valence-electron chi connectivity index (χ3n) is 6.31. The fraction of sp³-hybridized carbons (Fsp3) is 0.423. The van der Waals surface area contributed by atoms with Crippen LogP contribution in [0.15, 0.2) is 52.4 Å². The molecule has 0 aliphatic carbocycles. The molecule has 37 heavy (non-hydrogen) atoms. The summed E-state index contributed by atoms with van der Waals surface area (Å²) < 4.78 is 36.1. The highest BCUT2D eigenvalue weighted by Crippen LogP contribution is 2.26. The number of anilines is 1. The van der Waals surface area contributed by atoms with Crippen molar-refractivity contribution < 1.29 is 22.7 Å². The maximum absolute atomic E-state index is 13.1. The van der Waals surface area contributed by atoms with Gasteiger partial charge in [0.05, 0.1) is 21.7 Å². The van der Waals surface area contributed by atoms with E-state index in [1.807, 2.05) is 36.6 Å². The molecule has 1 N–H and O–H groups in total. The van der Waals surface area contributed by atoms with Crippen molar-refractivity contribution in [3.8, 4) is 0 Å². The molecular weight excluding hydrogens is 512 g/mol. The maximum atomic E-state index is 13.1. The van der Waals surface area contributed by atoms with Crippen LogP contribution in [0.1, 0.15) is 50.4 Å². The van der Waals surface area contributed by atoms with Gasteiger partial charge in [0.1, 0.15) is 0 Å². The van der Waals surface area contributed by atoms with Gasteiger partial charge in [0.2, 0.25) is 15.9 Å². The van der Waals surface area contributed by atoms with E-state index in [9.17, 15) is 18.0 Å². The Bertz CT molecular complexity index is 1460. The maximum Gasteiger partial charge on any atom is 0.279 e. The summed E-state index contributed by atoms with van der Waals surface area (Å²) in [6.45, 7) is 7.34. The van der Waals surface area contributed by atoms with Gasteiger partial charge in [-0.3, -0.25) is 9.59 Å². The first-order valence-corrected chi connectivity index (χ1v) is 14.7. The van der Waals surface area contributed by atoms with Gasteiger partial charge in [0.15, 0.2) is 4.80 Å². The molecule has 3 aromatic rings. The zero-order valence-corrected chi connectivity index (χ0v) is 22.9. The van der Waals surface area contributed by atoms with Gasteiger partial charge >= 0.3 is 0 Å². The second-order valence-electron chi connectivity index (χ2n) is 9.00. The molecule has 9 nitrogen and oxygen atoms in total. The summed E-state index contributed by atoms with van der Waals surface area (Å²) in [5.74, 6) is -0.630. The van der Waals surface area contributed by atoms with Crippen LogP contribution in [0, 0.1) is 0 Å². The molecule has 0 radical (unpaired) electrons. The van der Waals surface area contributed by atoms with Crippen molar-refractivity contribution in [1.82, 2.24) is 8.87 Å². The number of carbonyl (C=O) groups excluding carboxylic acids is 2. The minimum absolute atomic E-state index is 0.0404. The van der Waals surface area contributed by atoms with Crippen LogP contribution in [0.3, 0.4) is 0 Å². The fourth-order valence-electron chi connectivity index (χ4n) is 4.44. The third-order valence-corrected chi connectivity index (χ3v) is 9.38. The SMILES string of the molecule is CCOCCn1c(=NC(=O)c2ccc(S(=O)(=O)N3CCCCC3C)cc2)sc2cc(NC(C)=O)ccc21. The predicted molar refractivity (Wildman–Crippen MR) is 144 cm³/mol. The van der Waals surface area contributed by atoms with Crippen molar-refractivity contribution in [3.05, 3.63) is 52.8 Å². The zero-order valence-electron chi connectivity index (χ0n) is 21.3. The van der Waals surface area contributed by atoms with Crippen LogP contribution in [-0.4, -0.2) is 54.9 Å². The Morgan fingerprint density at radius 2 is 1.92 bits per heavy atom. The molecule has 11 heteroatoms. The van der Waals surface area contributed by atoms with Crippen LogP contribution in [0.25, 0.3) is 10.2 Å². The molecule has 2 amide bonds. The van der Waals surface area contributed by atoms with Gasteiger partial charge in [-0.2, -0.15) is 9.30 Å². The largest absolute Gasteiger partial charge is 0.380 e. The number of benzene rings is 2. The average Bonchev–Trinajstić information content (AvgIpc) is 3.20. The molecule has 0 spiro atoms. The van der Waals surface area contributed by atoms with E-state index >= 15 is 0 Å². The number of nitrogens with one attached hydrogen (secondary N) is 1. The van der Waals surface area contributed by atoms with Gasteiger partial charge < -0.3 is 14.6 Å². The Kier molecular flexibility index (Phi) is 8.58. The molecule has 1 aliphatic rings. The predicted octanol–water partition coefficient (Wildman–Crippen LogP) is 4.00. The van der Waals surface area contributed by atoms with Gasteiger partial charge in [-0.1, -0.05) is 17.8 Å². The summed E-state index contributed by atoms with van der Waals surface area (Å²) in [4.78, 5) is 29.6. The quantitative estimate of drug-likeness (QED) is 0.431. The van der Waals surface area contributed by atoms with E-state index in [0.717, 1.165) is 29.5 Å². The fourth-order valence-corrected chi connectivity index (χ4v) is 7.23. The number of rotatable bonds is 8. The van der Waals surface area contributed by atoms with E-state index in [-0.39, 0.29) is 16.8 Å². The summed E-state index contributed by atoms with van der Waals surface area (Å²) >= 11 is 1.34. The Morgan fingerprint density at radius 1 is 1.16 bits per heavy atom. The molecule has 1 unspecified atom stereocenters. The number of hydrogen-bond acceptors (Lipinski definition) is 6. The Hall–Kier alpha value is -2.86. The van der Waals surface area contributed by atoms with Gasteiger partial charge in [-0.05, 0) is 69.2 Å². The highest BCUT2D eigenvalue weighted by atomic mass is 32.2. The van der Waals surface area contributed by atoms with Crippen molar-refractivity contribution in [2.45, 2.75) is 57.5 Å². The molecule has 2 heterocycles. The molecule has 0 saturated carbocycles. The number of carbonyl (C=O) groups is 2. The molecule has 0 bridgehead atoms. The second-order valence-corrected chi connectivity index (χ2v) is 11.9. The summed E-state index contributed by atoms with van der Waals surface area (Å²) in [5.41, 5.74) is 1.84. The van der Waals surface area contributed by atoms with Gasteiger partial charge in [0.25, 0.3) is 5.91 Å². The molecule has 198 valence electrons. The minimum Gasteiger partial charge on any atom is -0.380 e. The van der Waals surface area contributed by atoms with Gasteiger partial charge in [0, 0.05) is 43.9 Å². The van der Waals surface area contributed by atoms with Crippen LogP contribution < -0.4 is 10.1 Å². The lowest BCUT2D eigenvalue weighted by molar-refractivity contribution is -0.114. The zero-order chi connectivity index (χ0) is 26.6. The first-order valence-electron chi connectivity index (χ1n) is 12.4. The van der Waals surface area contributed by atoms with Crippen LogP contribution in [0.2, 0.25) is 0 Å². The van der Waals surface area contributed by atoms with Crippen LogP contribution in [-0.2, 0) is 26.1 Å². The van der Waals surface area contributed by atoms with E-state index in [2.05, 4.69) is 10.3 Å².